The number of rotatable bonds is 1. The fraction of sp³-hybridized carbons (Fsp3) is 0.500. The van der Waals surface area contributed by atoms with Crippen LogP contribution in [0.15, 0.2) is 0 Å². The van der Waals surface area contributed by atoms with Crippen molar-refractivity contribution in [3.8, 4) is 0 Å². The standard InChI is InChI=1S/C12H18N.3W/c1-7-8(2)10(4)12(13-6)11(5)9(7)3;;;/h1-6H3;;;/q-1;;;. The van der Waals surface area contributed by atoms with Crippen molar-refractivity contribution in [1.82, 2.24) is 0 Å². The van der Waals surface area contributed by atoms with Gasteiger partial charge in [0.2, 0.25) is 0 Å². The summed E-state index contributed by atoms with van der Waals surface area (Å²) in [5, 5.41) is 4.33. The van der Waals surface area contributed by atoms with E-state index in [1.54, 1.807) is 0 Å². The van der Waals surface area contributed by atoms with E-state index in [0.717, 1.165) is 0 Å². The van der Waals surface area contributed by atoms with Gasteiger partial charge in [0, 0.05) is 63.2 Å². The second kappa shape index (κ2) is 9.07. The topological polar surface area (TPSA) is 14.1 Å². The van der Waals surface area contributed by atoms with Gasteiger partial charge < -0.3 is 5.32 Å². The van der Waals surface area contributed by atoms with E-state index in [4.69, 9.17) is 0 Å². The summed E-state index contributed by atoms with van der Waals surface area (Å²) in [6, 6.07) is 0. The molecule has 0 spiro atoms. The van der Waals surface area contributed by atoms with Gasteiger partial charge in [-0.05, 0) is 51.3 Å². The van der Waals surface area contributed by atoms with Gasteiger partial charge in [-0.3, -0.25) is 0 Å². The van der Waals surface area contributed by atoms with Crippen molar-refractivity contribution in [3.63, 3.8) is 0 Å². The van der Waals surface area contributed by atoms with E-state index in [1.165, 1.54) is 33.5 Å². The van der Waals surface area contributed by atoms with E-state index in [-0.39, 0.29) is 63.2 Å². The number of hydrogen-bond acceptors (Lipinski definition) is 0. The van der Waals surface area contributed by atoms with Gasteiger partial charge in [0.25, 0.3) is 0 Å². The summed E-state index contributed by atoms with van der Waals surface area (Å²) >= 11 is 0. The first-order valence-corrected chi connectivity index (χ1v) is 4.67. The molecular formula is C12H18NW3-. The van der Waals surface area contributed by atoms with Crippen LogP contribution in [0.4, 0.5) is 5.69 Å². The Morgan fingerprint density at radius 2 is 0.812 bits per heavy atom. The quantitative estimate of drug-likeness (QED) is 0.418. The Hall–Kier alpha value is 1.08. The van der Waals surface area contributed by atoms with E-state index in [2.05, 4.69) is 39.9 Å². The third kappa shape index (κ3) is 4.08. The molecule has 0 amide bonds. The average molecular weight is 728 g/mol. The molecule has 1 rings (SSSR count). The molecule has 0 aliphatic rings. The van der Waals surface area contributed by atoms with Crippen LogP contribution >= 0.6 is 0 Å². The third-order valence-corrected chi connectivity index (χ3v) is 3.18. The molecule has 0 aromatic heterocycles. The van der Waals surface area contributed by atoms with Crippen molar-refractivity contribution in [2.24, 2.45) is 0 Å². The minimum Gasteiger partial charge on any atom is -0.686 e. The number of nitrogens with zero attached hydrogens (tertiary/aromatic N) is 1. The number of hydrogen-bond donors (Lipinski definition) is 0. The van der Waals surface area contributed by atoms with E-state index in [0.29, 0.717) is 0 Å². The maximum absolute atomic E-state index is 4.33. The van der Waals surface area contributed by atoms with E-state index >= 15 is 0 Å². The summed E-state index contributed by atoms with van der Waals surface area (Å²) in [4.78, 5) is 0. The van der Waals surface area contributed by atoms with Gasteiger partial charge in [-0.25, -0.2) is 0 Å². The Morgan fingerprint density at radius 1 is 0.562 bits per heavy atom. The first-order valence-electron chi connectivity index (χ1n) is 4.67. The minimum atomic E-state index is 0. The molecule has 0 fully saturated rings. The van der Waals surface area contributed by atoms with E-state index in [9.17, 15) is 0 Å². The van der Waals surface area contributed by atoms with Gasteiger partial charge in [0.05, 0.1) is 0 Å². The molecule has 4 heteroatoms. The molecule has 0 N–H and O–H groups in total. The zero-order chi connectivity index (χ0) is 10.2. The van der Waals surface area contributed by atoms with E-state index < -0.39 is 0 Å². The summed E-state index contributed by atoms with van der Waals surface area (Å²) in [6.45, 7) is 10.8. The Labute approximate surface area is 142 Å². The first-order chi connectivity index (χ1) is 6.00. The summed E-state index contributed by atoms with van der Waals surface area (Å²) in [6.07, 6.45) is 0. The SMILES string of the molecule is C[N-]c1c(C)c(C)c(C)c(C)c1C.[W].[W].[W]. The van der Waals surface area contributed by atoms with Crippen LogP contribution in [0.5, 0.6) is 0 Å². The Kier molecular flexibility index (Phi) is 12.6. The summed E-state index contributed by atoms with van der Waals surface area (Å²) in [7, 11) is 1.86. The normalized spacial score (nSPS) is 8.38. The van der Waals surface area contributed by atoms with E-state index in [1.807, 2.05) is 7.05 Å². The smallest absolute Gasteiger partial charge is 0 e. The molecule has 1 aromatic carbocycles. The first kappa shape index (κ1) is 22.3. The molecule has 0 atom stereocenters. The predicted octanol–water partition coefficient (Wildman–Crippen LogP) is 3.86. The van der Waals surface area contributed by atoms with Crippen molar-refractivity contribution in [2.45, 2.75) is 34.6 Å². The largest absolute Gasteiger partial charge is 0.686 e. The molecular weight excluding hydrogens is 710 g/mol. The van der Waals surface area contributed by atoms with Gasteiger partial charge in [-0.2, -0.15) is 0 Å². The molecule has 0 aliphatic heterocycles. The van der Waals surface area contributed by atoms with Gasteiger partial charge in [-0.15, -0.1) is 12.7 Å². The van der Waals surface area contributed by atoms with Crippen molar-refractivity contribution >= 4 is 5.69 Å². The van der Waals surface area contributed by atoms with Gasteiger partial charge >= 0.3 is 0 Å². The van der Waals surface area contributed by atoms with Crippen LogP contribution in [0, 0.1) is 34.6 Å². The van der Waals surface area contributed by atoms with Crippen molar-refractivity contribution in [1.29, 1.82) is 0 Å². The fourth-order valence-corrected chi connectivity index (χ4v) is 1.82. The van der Waals surface area contributed by atoms with Gasteiger partial charge in [0.1, 0.15) is 0 Å². The molecule has 0 heterocycles. The summed E-state index contributed by atoms with van der Waals surface area (Å²) in [5.74, 6) is 0. The molecule has 0 unspecified atom stereocenters. The average Bonchev–Trinajstić information content (AvgIpc) is 2.13. The molecule has 0 radical (unpaired) electrons. The van der Waals surface area contributed by atoms with Crippen LogP contribution in [-0.2, 0) is 63.2 Å². The molecule has 0 saturated heterocycles. The number of benzene rings is 1. The molecule has 16 heavy (non-hydrogen) atoms. The second-order valence-corrected chi connectivity index (χ2v) is 3.70. The maximum Gasteiger partial charge on any atom is 0 e. The maximum atomic E-state index is 4.33. The summed E-state index contributed by atoms with van der Waals surface area (Å²) in [5.41, 5.74) is 7.97. The zero-order valence-corrected chi connectivity index (χ0v) is 19.5. The summed E-state index contributed by atoms with van der Waals surface area (Å²) < 4.78 is 0. The van der Waals surface area contributed by atoms with Crippen LogP contribution in [-0.4, -0.2) is 7.05 Å². The van der Waals surface area contributed by atoms with Crippen molar-refractivity contribution in [2.75, 3.05) is 7.05 Å². The van der Waals surface area contributed by atoms with Crippen LogP contribution in [0.1, 0.15) is 27.8 Å². The van der Waals surface area contributed by atoms with Crippen LogP contribution < -0.4 is 0 Å². The molecule has 0 bridgehead atoms. The Bertz CT molecular complexity index is 320. The minimum absolute atomic E-state index is 0. The van der Waals surface area contributed by atoms with Crippen molar-refractivity contribution in [3.05, 3.63) is 33.1 Å². The third-order valence-electron chi connectivity index (χ3n) is 3.18. The molecule has 1 nitrogen and oxygen atoms in total. The van der Waals surface area contributed by atoms with Crippen molar-refractivity contribution < 1.29 is 63.2 Å². The van der Waals surface area contributed by atoms with Crippen LogP contribution in [0.2, 0.25) is 0 Å². The van der Waals surface area contributed by atoms with Crippen LogP contribution in [0.25, 0.3) is 5.32 Å². The second-order valence-electron chi connectivity index (χ2n) is 3.70. The fourth-order valence-electron chi connectivity index (χ4n) is 1.82. The zero-order valence-electron chi connectivity index (χ0n) is 10.7. The monoisotopic (exact) mass is 728 g/mol. The van der Waals surface area contributed by atoms with Gasteiger partial charge in [-0.1, -0.05) is 11.1 Å². The molecule has 90 valence electrons. The molecule has 0 aliphatic carbocycles. The predicted molar refractivity (Wildman–Crippen MR) is 59.1 cm³/mol. The molecule has 0 saturated carbocycles. The van der Waals surface area contributed by atoms with Gasteiger partial charge in [0.15, 0.2) is 0 Å². The van der Waals surface area contributed by atoms with Crippen LogP contribution in [0.3, 0.4) is 0 Å². The Balaban J connectivity index is -0.000000563. The molecule has 1 aromatic rings. The Morgan fingerprint density at radius 3 is 1.06 bits per heavy atom.